The van der Waals surface area contributed by atoms with Gasteiger partial charge in [-0.2, -0.15) is 11.8 Å². The van der Waals surface area contributed by atoms with Crippen molar-refractivity contribution in [2.45, 2.75) is 62.7 Å². The van der Waals surface area contributed by atoms with Crippen LogP contribution in [0.4, 0.5) is 4.39 Å². The van der Waals surface area contributed by atoms with E-state index in [9.17, 15) is 9.18 Å². The SMILES string of the molecule is COC(=O)C1(CCSC)N=CN(Cc2ccccc2)C1CC1CCC(C(c2cccc(F)c2)N(C)C)CC1. The first kappa shape index (κ1) is 28.6. The van der Waals surface area contributed by atoms with E-state index in [0.29, 0.717) is 18.3 Å². The summed E-state index contributed by atoms with van der Waals surface area (Å²) in [5.74, 6) is 1.44. The maximum Gasteiger partial charge on any atom is 0.336 e. The Morgan fingerprint density at radius 1 is 1.16 bits per heavy atom. The highest BCUT2D eigenvalue weighted by Gasteiger charge is 2.52. The Bertz CT molecular complexity index is 1070. The number of esters is 1. The van der Waals surface area contributed by atoms with Crippen LogP contribution in [0.1, 0.15) is 55.7 Å². The Morgan fingerprint density at radius 3 is 2.53 bits per heavy atom. The quantitative estimate of drug-likeness (QED) is 0.318. The smallest absolute Gasteiger partial charge is 0.336 e. The standard InChI is InChI=1S/C31H42FN3O2S/c1-34(2)29(26-11-8-12-27(32)20-26)25-15-13-23(14-16-25)19-28-31(17-18-38-4,30(36)37-3)33-22-35(28)21-24-9-6-5-7-10-24/h5-12,20,22-23,25,28-29H,13-19,21H2,1-4H3. The van der Waals surface area contributed by atoms with Crippen molar-refractivity contribution in [3.63, 3.8) is 0 Å². The Morgan fingerprint density at radius 2 is 1.89 bits per heavy atom. The van der Waals surface area contributed by atoms with E-state index in [1.807, 2.05) is 24.5 Å². The molecule has 5 nitrogen and oxygen atoms in total. The molecule has 2 aliphatic rings. The molecule has 0 radical (unpaired) electrons. The van der Waals surface area contributed by atoms with Crippen LogP contribution in [0.2, 0.25) is 0 Å². The average molecular weight is 540 g/mol. The van der Waals surface area contributed by atoms with Crippen LogP contribution >= 0.6 is 11.8 Å². The summed E-state index contributed by atoms with van der Waals surface area (Å²) >= 11 is 1.74. The van der Waals surface area contributed by atoms with Crippen molar-refractivity contribution in [1.82, 2.24) is 9.80 Å². The van der Waals surface area contributed by atoms with Crippen LogP contribution in [0.3, 0.4) is 0 Å². The number of aliphatic imine (C=N–C) groups is 1. The molecule has 1 saturated carbocycles. The molecule has 38 heavy (non-hydrogen) atoms. The molecule has 1 fully saturated rings. The highest BCUT2D eigenvalue weighted by Crippen LogP contribution is 2.44. The number of methoxy groups -OCH3 is 1. The van der Waals surface area contributed by atoms with Crippen molar-refractivity contribution in [3.05, 3.63) is 71.5 Å². The van der Waals surface area contributed by atoms with Crippen LogP contribution in [0.15, 0.2) is 59.6 Å². The molecule has 206 valence electrons. The number of hydrogen-bond acceptors (Lipinski definition) is 6. The van der Waals surface area contributed by atoms with Gasteiger partial charge in [-0.1, -0.05) is 55.3 Å². The van der Waals surface area contributed by atoms with Gasteiger partial charge in [0.05, 0.1) is 19.5 Å². The first-order chi connectivity index (χ1) is 18.4. The van der Waals surface area contributed by atoms with Crippen molar-refractivity contribution in [2.24, 2.45) is 16.8 Å². The molecule has 0 spiro atoms. The molecule has 3 unspecified atom stereocenters. The summed E-state index contributed by atoms with van der Waals surface area (Å²) in [6.45, 7) is 0.727. The van der Waals surface area contributed by atoms with Crippen LogP contribution in [-0.4, -0.2) is 66.9 Å². The van der Waals surface area contributed by atoms with E-state index in [0.717, 1.165) is 50.0 Å². The molecule has 2 aromatic rings. The Labute approximate surface area is 231 Å². The van der Waals surface area contributed by atoms with Gasteiger partial charge in [-0.15, -0.1) is 0 Å². The Kier molecular flexibility index (Phi) is 9.88. The third-order valence-corrected chi connectivity index (χ3v) is 9.08. The number of carbonyl (C=O) groups is 1. The molecule has 1 heterocycles. The van der Waals surface area contributed by atoms with Crippen LogP contribution in [0, 0.1) is 17.7 Å². The number of benzene rings is 2. The van der Waals surface area contributed by atoms with Crippen LogP contribution in [-0.2, 0) is 16.1 Å². The highest BCUT2D eigenvalue weighted by molar-refractivity contribution is 7.98. The minimum atomic E-state index is -0.864. The van der Waals surface area contributed by atoms with Gasteiger partial charge in [0.1, 0.15) is 5.82 Å². The topological polar surface area (TPSA) is 45.1 Å². The summed E-state index contributed by atoms with van der Waals surface area (Å²) in [4.78, 5) is 22.7. The van der Waals surface area contributed by atoms with Crippen molar-refractivity contribution in [1.29, 1.82) is 0 Å². The van der Waals surface area contributed by atoms with E-state index in [1.54, 1.807) is 17.8 Å². The van der Waals surface area contributed by atoms with Crippen molar-refractivity contribution in [3.8, 4) is 0 Å². The fourth-order valence-electron chi connectivity index (χ4n) is 6.59. The van der Waals surface area contributed by atoms with Gasteiger partial charge in [-0.05, 0) is 86.9 Å². The zero-order valence-corrected chi connectivity index (χ0v) is 24.0. The molecular formula is C31H42FN3O2S. The predicted molar refractivity (Wildman–Crippen MR) is 155 cm³/mol. The molecule has 4 rings (SSSR count). The van der Waals surface area contributed by atoms with Gasteiger partial charge in [-0.25, -0.2) is 9.18 Å². The zero-order valence-electron chi connectivity index (χ0n) is 23.2. The first-order valence-corrected chi connectivity index (χ1v) is 15.1. The third kappa shape index (κ3) is 6.42. The number of carbonyl (C=O) groups excluding carboxylic acids is 1. The Hall–Kier alpha value is -2.38. The number of thioether (sulfide) groups is 1. The zero-order chi connectivity index (χ0) is 27.1. The average Bonchev–Trinajstić information content (AvgIpc) is 3.26. The van der Waals surface area contributed by atoms with Crippen molar-refractivity contribution in [2.75, 3.05) is 33.2 Å². The van der Waals surface area contributed by atoms with Crippen molar-refractivity contribution < 1.29 is 13.9 Å². The fourth-order valence-corrected chi connectivity index (χ4v) is 7.10. The number of nitrogens with zero attached hydrogens (tertiary/aromatic N) is 3. The molecule has 2 aromatic carbocycles. The second-order valence-corrected chi connectivity index (χ2v) is 12.0. The van der Waals surface area contributed by atoms with Gasteiger partial charge >= 0.3 is 5.97 Å². The van der Waals surface area contributed by atoms with Crippen LogP contribution in [0.5, 0.6) is 0 Å². The van der Waals surface area contributed by atoms with E-state index < -0.39 is 5.54 Å². The van der Waals surface area contributed by atoms with E-state index in [1.165, 1.54) is 18.7 Å². The number of halogens is 1. The molecule has 0 N–H and O–H groups in total. The molecule has 0 aromatic heterocycles. The largest absolute Gasteiger partial charge is 0.467 e. The predicted octanol–water partition coefficient (Wildman–Crippen LogP) is 6.20. The van der Waals surface area contributed by atoms with Crippen LogP contribution < -0.4 is 0 Å². The molecule has 7 heteroatoms. The minimum Gasteiger partial charge on any atom is -0.467 e. The monoisotopic (exact) mass is 539 g/mol. The number of hydrogen-bond donors (Lipinski definition) is 0. The summed E-state index contributed by atoms with van der Waals surface area (Å²) in [5.41, 5.74) is 1.40. The summed E-state index contributed by atoms with van der Waals surface area (Å²) < 4.78 is 19.4. The second-order valence-electron chi connectivity index (χ2n) is 11.1. The third-order valence-electron chi connectivity index (χ3n) is 8.46. The van der Waals surface area contributed by atoms with E-state index in [-0.39, 0.29) is 23.9 Å². The summed E-state index contributed by atoms with van der Waals surface area (Å²) in [5, 5.41) is 0. The Balaban J connectivity index is 1.51. The summed E-state index contributed by atoms with van der Waals surface area (Å²) in [6, 6.07) is 17.6. The van der Waals surface area contributed by atoms with Gasteiger partial charge in [-0.3, -0.25) is 4.99 Å². The summed E-state index contributed by atoms with van der Waals surface area (Å²) in [7, 11) is 5.67. The molecule has 1 aliphatic carbocycles. The minimum absolute atomic E-state index is 0.0308. The fraction of sp³-hybridized carbons (Fsp3) is 0.548. The van der Waals surface area contributed by atoms with Gasteiger partial charge in [0.2, 0.25) is 0 Å². The van der Waals surface area contributed by atoms with E-state index in [2.05, 4.69) is 54.4 Å². The highest BCUT2D eigenvalue weighted by atomic mass is 32.2. The van der Waals surface area contributed by atoms with Gasteiger partial charge < -0.3 is 14.5 Å². The first-order valence-electron chi connectivity index (χ1n) is 13.7. The molecular weight excluding hydrogens is 497 g/mol. The molecule has 0 saturated heterocycles. The second kappa shape index (κ2) is 13.1. The summed E-state index contributed by atoms with van der Waals surface area (Å²) in [6.07, 6.45) is 9.92. The van der Waals surface area contributed by atoms with Crippen molar-refractivity contribution >= 4 is 24.1 Å². The lowest BCUT2D eigenvalue weighted by Crippen LogP contribution is -2.53. The van der Waals surface area contributed by atoms with E-state index >= 15 is 0 Å². The molecule has 1 aliphatic heterocycles. The lowest BCUT2D eigenvalue weighted by Gasteiger charge is -2.41. The van der Waals surface area contributed by atoms with Gasteiger partial charge in [0.15, 0.2) is 5.54 Å². The van der Waals surface area contributed by atoms with E-state index in [4.69, 9.17) is 9.73 Å². The maximum atomic E-state index is 14.0. The number of ether oxygens (including phenoxy) is 1. The lowest BCUT2D eigenvalue weighted by atomic mass is 9.72. The van der Waals surface area contributed by atoms with Crippen LogP contribution in [0.25, 0.3) is 0 Å². The molecule has 0 bridgehead atoms. The molecule has 3 atom stereocenters. The lowest BCUT2D eigenvalue weighted by molar-refractivity contribution is -0.149. The van der Waals surface area contributed by atoms with Gasteiger partial charge in [0, 0.05) is 12.6 Å². The van der Waals surface area contributed by atoms with Gasteiger partial charge in [0.25, 0.3) is 0 Å². The number of rotatable bonds is 11. The normalized spacial score (nSPS) is 26.1. The maximum absolute atomic E-state index is 14.0. The molecule has 0 amide bonds.